The van der Waals surface area contributed by atoms with Crippen molar-refractivity contribution in [2.45, 2.75) is 19.8 Å². The molecule has 0 bridgehead atoms. The number of fused-ring (bicyclic) bond motifs is 1. The number of nitrogens with zero attached hydrogens (tertiary/aromatic N) is 1. The van der Waals surface area contributed by atoms with E-state index < -0.39 is 0 Å². The molecule has 2 aromatic rings. The Morgan fingerprint density at radius 3 is 2.56 bits per heavy atom. The molecule has 0 aliphatic rings. The van der Waals surface area contributed by atoms with Crippen LogP contribution in [0.3, 0.4) is 0 Å². The molecule has 16 heavy (non-hydrogen) atoms. The smallest absolute Gasteiger partial charge is 0.258 e. The molecule has 0 fully saturated rings. The molecule has 0 aliphatic heterocycles. The number of benzene rings is 1. The van der Waals surface area contributed by atoms with Crippen LogP contribution in [0.5, 0.6) is 0 Å². The van der Waals surface area contributed by atoms with Gasteiger partial charge < -0.3 is 4.57 Å². The summed E-state index contributed by atoms with van der Waals surface area (Å²) >= 11 is 5.98. The molecule has 0 atom stereocenters. The Hall–Kier alpha value is -1.28. The first-order valence-electron chi connectivity index (χ1n) is 5.29. The van der Waals surface area contributed by atoms with E-state index in [0.717, 1.165) is 16.3 Å². The number of halogens is 1. The van der Waals surface area contributed by atoms with E-state index in [1.807, 2.05) is 12.3 Å². The summed E-state index contributed by atoms with van der Waals surface area (Å²) < 4.78 is 1.63. The molecule has 84 valence electrons. The Morgan fingerprint density at radius 2 is 1.94 bits per heavy atom. The van der Waals surface area contributed by atoms with Crippen molar-refractivity contribution in [1.29, 1.82) is 0 Å². The lowest BCUT2D eigenvalue weighted by atomic mass is 9.98. The minimum atomic E-state index is 0.0241. The van der Waals surface area contributed by atoms with E-state index in [2.05, 4.69) is 13.8 Å². The van der Waals surface area contributed by atoms with E-state index in [1.54, 1.807) is 23.7 Å². The zero-order chi connectivity index (χ0) is 11.9. The van der Waals surface area contributed by atoms with Gasteiger partial charge in [0.2, 0.25) is 0 Å². The molecule has 1 heterocycles. The lowest BCUT2D eigenvalue weighted by Crippen LogP contribution is -2.17. The molecule has 0 unspecified atom stereocenters. The summed E-state index contributed by atoms with van der Waals surface area (Å²) in [6, 6.07) is 5.43. The predicted molar refractivity (Wildman–Crippen MR) is 68.3 cm³/mol. The molecule has 3 heteroatoms. The van der Waals surface area contributed by atoms with Gasteiger partial charge in [-0.05, 0) is 35.1 Å². The summed E-state index contributed by atoms with van der Waals surface area (Å²) in [5.74, 6) is 0.368. The van der Waals surface area contributed by atoms with Crippen molar-refractivity contribution in [2.75, 3.05) is 0 Å². The van der Waals surface area contributed by atoms with Gasteiger partial charge in [0.1, 0.15) is 0 Å². The second-order valence-electron chi connectivity index (χ2n) is 4.35. The van der Waals surface area contributed by atoms with E-state index in [1.165, 1.54) is 0 Å². The summed E-state index contributed by atoms with van der Waals surface area (Å²) in [7, 11) is 1.78. The third kappa shape index (κ3) is 1.74. The van der Waals surface area contributed by atoms with Gasteiger partial charge in [-0.1, -0.05) is 25.4 Å². The molecule has 1 aromatic carbocycles. The lowest BCUT2D eigenvalue weighted by molar-refractivity contribution is 0.810. The van der Waals surface area contributed by atoms with Crippen LogP contribution in [-0.2, 0) is 7.05 Å². The van der Waals surface area contributed by atoms with Crippen LogP contribution in [0, 0.1) is 0 Å². The Morgan fingerprint density at radius 1 is 1.25 bits per heavy atom. The van der Waals surface area contributed by atoms with Gasteiger partial charge in [-0.2, -0.15) is 0 Å². The minimum absolute atomic E-state index is 0.0241. The van der Waals surface area contributed by atoms with Crippen molar-refractivity contribution in [3.05, 3.63) is 45.3 Å². The minimum Gasteiger partial charge on any atom is -0.318 e. The van der Waals surface area contributed by atoms with Crippen molar-refractivity contribution in [3.8, 4) is 0 Å². The number of rotatable bonds is 1. The Balaban J connectivity index is 2.96. The molecule has 1 aromatic heterocycles. The molecule has 0 aliphatic carbocycles. The number of hydrogen-bond acceptors (Lipinski definition) is 1. The van der Waals surface area contributed by atoms with Gasteiger partial charge in [-0.3, -0.25) is 4.79 Å². The van der Waals surface area contributed by atoms with Gasteiger partial charge in [0.25, 0.3) is 5.56 Å². The van der Waals surface area contributed by atoms with Crippen LogP contribution >= 0.6 is 11.6 Å². The summed E-state index contributed by atoms with van der Waals surface area (Å²) in [4.78, 5) is 11.9. The Kier molecular flexibility index (Phi) is 2.76. The van der Waals surface area contributed by atoms with E-state index in [4.69, 9.17) is 11.6 Å². The normalized spacial score (nSPS) is 11.3. The number of hydrogen-bond donors (Lipinski definition) is 0. The highest BCUT2D eigenvalue weighted by Gasteiger charge is 2.10. The maximum atomic E-state index is 11.9. The van der Waals surface area contributed by atoms with Crippen LogP contribution in [0.4, 0.5) is 0 Å². The second-order valence-corrected chi connectivity index (χ2v) is 4.78. The Labute approximate surface area is 99.5 Å². The topological polar surface area (TPSA) is 22.0 Å². The maximum Gasteiger partial charge on any atom is 0.258 e. The fourth-order valence-corrected chi connectivity index (χ4v) is 2.10. The highest BCUT2D eigenvalue weighted by atomic mass is 35.5. The highest BCUT2D eigenvalue weighted by Crippen LogP contribution is 2.25. The predicted octanol–water partition coefficient (Wildman–Crippen LogP) is 3.32. The Bertz CT molecular complexity index is 599. The average Bonchev–Trinajstić information content (AvgIpc) is 2.22. The molecule has 2 rings (SSSR count). The zero-order valence-electron chi connectivity index (χ0n) is 9.62. The number of aryl methyl sites for hydroxylation is 1. The standard InChI is InChI=1S/C13H14ClNO/c1-8(2)12-7-15(3)13(16)10-5-4-9(14)6-11(10)12/h4-8H,1-3H3. The number of aromatic nitrogens is 1. The van der Waals surface area contributed by atoms with Crippen molar-refractivity contribution in [1.82, 2.24) is 4.57 Å². The van der Waals surface area contributed by atoms with Crippen LogP contribution in [0.2, 0.25) is 5.02 Å². The average molecular weight is 236 g/mol. The van der Waals surface area contributed by atoms with Crippen LogP contribution < -0.4 is 5.56 Å². The molecule has 0 amide bonds. The fraction of sp³-hybridized carbons (Fsp3) is 0.308. The van der Waals surface area contributed by atoms with Gasteiger partial charge in [-0.25, -0.2) is 0 Å². The summed E-state index contributed by atoms with van der Waals surface area (Å²) in [6.07, 6.45) is 1.89. The summed E-state index contributed by atoms with van der Waals surface area (Å²) in [5, 5.41) is 2.37. The first-order valence-corrected chi connectivity index (χ1v) is 5.67. The van der Waals surface area contributed by atoms with Crippen LogP contribution in [0.25, 0.3) is 10.8 Å². The molecule has 2 nitrogen and oxygen atoms in total. The number of pyridine rings is 1. The van der Waals surface area contributed by atoms with E-state index in [9.17, 15) is 4.79 Å². The van der Waals surface area contributed by atoms with Gasteiger partial charge in [0, 0.05) is 23.7 Å². The van der Waals surface area contributed by atoms with Crippen molar-refractivity contribution in [3.63, 3.8) is 0 Å². The highest BCUT2D eigenvalue weighted by molar-refractivity contribution is 6.31. The third-order valence-corrected chi connectivity index (χ3v) is 3.03. The zero-order valence-corrected chi connectivity index (χ0v) is 10.4. The molecule has 0 saturated heterocycles. The second kappa shape index (κ2) is 3.95. The lowest BCUT2D eigenvalue weighted by Gasteiger charge is -2.12. The van der Waals surface area contributed by atoms with E-state index in [0.29, 0.717) is 10.9 Å². The largest absolute Gasteiger partial charge is 0.318 e. The van der Waals surface area contributed by atoms with Gasteiger partial charge in [0.05, 0.1) is 0 Å². The van der Waals surface area contributed by atoms with Crippen LogP contribution in [0.1, 0.15) is 25.3 Å². The molecule has 0 radical (unpaired) electrons. The summed E-state index contributed by atoms with van der Waals surface area (Å²) in [6.45, 7) is 4.22. The van der Waals surface area contributed by atoms with Gasteiger partial charge >= 0.3 is 0 Å². The molecular formula is C13H14ClNO. The van der Waals surface area contributed by atoms with E-state index >= 15 is 0 Å². The first kappa shape index (κ1) is 11.2. The van der Waals surface area contributed by atoms with Crippen LogP contribution in [-0.4, -0.2) is 4.57 Å². The van der Waals surface area contributed by atoms with Gasteiger partial charge in [0.15, 0.2) is 0 Å². The van der Waals surface area contributed by atoms with Gasteiger partial charge in [-0.15, -0.1) is 0 Å². The maximum absolute atomic E-state index is 11.9. The van der Waals surface area contributed by atoms with Crippen molar-refractivity contribution < 1.29 is 0 Å². The SMILES string of the molecule is CC(C)c1cn(C)c(=O)c2ccc(Cl)cc12. The summed E-state index contributed by atoms with van der Waals surface area (Å²) in [5.41, 5.74) is 1.18. The van der Waals surface area contributed by atoms with Crippen LogP contribution in [0.15, 0.2) is 29.2 Å². The fourth-order valence-electron chi connectivity index (χ4n) is 1.93. The van der Waals surface area contributed by atoms with Crippen molar-refractivity contribution in [2.24, 2.45) is 7.05 Å². The third-order valence-electron chi connectivity index (χ3n) is 2.80. The molecule has 0 saturated carbocycles. The molecular weight excluding hydrogens is 222 g/mol. The quantitative estimate of drug-likeness (QED) is 0.743. The van der Waals surface area contributed by atoms with Crippen molar-refractivity contribution >= 4 is 22.4 Å². The van der Waals surface area contributed by atoms with E-state index in [-0.39, 0.29) is 5.56 Å². The monoisotopic (exact) mass is 235 g/mol. The first-order chi connectivity index (χ1) is 7.50. The molecule has 0 N–H and O–H groups in total. The molecule has 0 spiro atoms.